The maximum absolute atomic E-state index is 13.4. The zero-order valence-electron chi connectivity index (χ0n) is 20.3. The fourth-order valence-corrected chi connectivity index (χ4v) is 5.67. The van der Waals surface area contributed by atoms with Gasteiger partial charge in [0.2, 0.25) is 5.91 Å². The van der Waals surface area contributed by atoms with Crippen LogP contribution >= 0.6 is 11.3 Å². The summed E-state index contributed by atoms with van der Waals surface area (Å²) in [6, 6.07) is 10.8. The van der Waals surface area contributed by atoms with Gasteiger partial charge < -0.3 is 4.90 Å². The topological polar surface area (TPSA) is 70.6 Å². The highest BCUT2D eigenvalue weighted by Gasteiger charge is 2.22. The van der Waals surface area contributed by atoms with E-state index in [2.05, 4.69) is 30.9 Å². The molecule has 33 heavy (non-hydrogen) atoms. The van der Waals surface area contributed by atoms with Crippen molar-refractivity contribution >= 4 is 42.4 Å². The summed E-state index contributed by atoms with van der Waals surface area (Å²) in [5, 5.41) is 0.227. The Morgan fingerprint density at radius 3 is 2.30 bits per heavy atom. The number of rotatable bonds is 9. The summed E-state index contributed by atoms with van der Waals surface area (Å²) < 4.78 is 25.8. The van der Waals surface area contributed by atoms with Crippen LogP contribution in [0.4, 0.5) is 5.13 Å². The second kappa shape index (κ2) is 10.3. The van der Waals surface area contributed by atoms with Gasteiger partial charge in [0.1, 0.15) is 0 Å². The first kappa shape index (κ1) is 25.3. The molecule has 1 heterocycles. The number of hydrogen-bond donors (Lipinski definition) is 0. The van der Waals surface area contributed by atoms with E-state index in [1.54, 1.807) is 43.0 Å². The number of aromatic nitrogens is 1. The number of hydrogen-bond acceptors (Lipinski definition) is 6. The molecule has 0 fully saturated rings. The van der Waals surface area contributed by atoms with Crippen LogP contribution in [0.1, 0.15) is 37.0 Å². The van der Waals surface area contributed by atoms with Gasteiger partial charge in [0, 0.05) is 6.54 Å². The average molecular weight is 488 g/mol. The molecule has 3 aromatic rings. The Labute approximate surface area is 201 Å². The van der Waals surface area contributed by atoms with E-state index in [4.69, 9.17) is 4.98 Å². The predicted octanol–water partition coefficient (Wildman–Crippen LogP) is 4.62. The second-order valence-electron chi connectivity index (χ2n) is 8.97. The number of carbonyl (C=O) groups excluding carboxylic acids is 1. The zero-order valence-corrected chi connectivity index (χ0v) is 21.9. The lowest BCUT2D eigenvalue weighted by molar-refractivity contribution is -0.118. The van der Waals surface area contributed by atoms with E-state index in [-0.39, 0.29) is 17.2 Å². The Balaban J connectivity index is 1.86. The monoisotopic (exact) mass is 487 g/mol. The zero-order chi connectivity index (χ0) is 24.3. The van der Waals surface area contributed by atoms with Crippen molar-refractivity contribution in [2.75, 3.05) is 32.1 Å². The van der Waals surface area contributed by atoms with Gasteiger partial charge in [-0.3, -0.25) is 9.69 Å². The number of anilines is 1. The smallest absolute Gasteiger partial charge is 0.233 e. The molecule has 0 aliphatic carbocycles. The van der Waals surface area contributed by atoms with E-state index in [9.17, 15) is 13.2 Å². The summed E-state index contributed by atoms with van der Waals surface area (Å²) >= 11 is 1.54. The molecule has 0 bridgehead atoms. The summed E-state index contributed by atoms with van der Waals surface area (Å²) in [6.07, 6.45) is 1.02. The maximum Gasteiger partial charge on any atom is 0.233 e. The van der Waals surface area contributed by atoms with Crippen molar-refractivity contribution in [3.63, 3.8) is 0 Å². The van der Waals surface area contributed by atoms with Gasteiger partial charge in [-0.05, 0) is 89.6 Å². The molecule has 2 aromatic carbocycles. The third-order valence-electron chi connectivity index (χ3n) is 5.82. The van der Waals surface area contributed by atoms with Gasteiger partial charge in [-0.1, -0.05) is 29.5 Å². The fourth-order valence-electron chi connectivity index (χ4n) is 3.54. The average Bonchev–Trinajstić information content (AvgIpc) is 3.18. The minimum atomic E-state index is -3.33. The van der Waals surface area contributed by atoms with Crippen molar-refractivity contribution in [3.05, 3.63) is 53.1 Å². The normalized spacial score (nSPS) is 12.1. The molecule has 8 heteroatoms. The molecule has 0 spiro atoms. The van der Waals surface area contributed by atoms with Gasteiger partial charge in [-0.25, -0.2) is 13.4 Å². The van der Waals surface area contributed by atoms with Crippen LogP contribution in [-0.2, 0) is 21.1 Å². The quantitative estimate of drug-likeness (QED) is 0.440. The molecule has 0 saturated heterocycles. The minimum Gasteiger partial charge on any atom is -0.309 e. The molecule has 0 unspecified atom stereocenters. The Bertz CT molecular complexity index is 1230. The lowest BCUT2D eigenvalue weighted by Crippen LogP contribution is -2.34. The van der Waals surface area contributed by atoms with E-state index in [1.165, 1.54) is 16.9 Å². The van der Waals surface area contributed by atoms with Crippen LogP contribution in [0.5, 0.6) is 0 Å². The van der Waals surface area contributed by atoms with Crippen LogP contribution in [0.3, 0.4) is 0 Å². The highest BCUT2D eigenvalue weighted by atomic mass is 32.2. The number of sulfone groups is 1. The first-order valence-electron chi connectivity index (χ1n) is 11.2. The van der Waals surface area contributed by atoms with Gasteiger partial charge in [0.25, 0.3) is 0 Å². The number of nitrogens with zero attached hydrogens (tertiary/aromatic N) is 3. The molecule has 3 rings (SSSR count). The molecule has 0 saturated carbocycles. The van der Waals surface area contributed by atoms with Crippen molar-refractivity contribution in [2.24, 2.45) is 0 Å². The molecule has 178 valence electrons. The lowest BCUT2D eigenvalue weighted by atomic mass is 10.1. The predicted molar refractivity (Wildman–Crippen MR) is 137 cm³/mol. The van der Waals surface area contributed by atoms with Crippen LogP contribution in [-0.4, -0.2) is 56.6 Å². The first-order chi connectivity index (χ1) is 15.5. The number of aryl methyl sites for hydroxylation is 2. The van der Waals surface area contributed by atoms with Gasteiger partial charge in [0.15, 0.2) is 15.0 Å². The largest absolute Gasteiger partial charge is 0.309 e. The van der Waals surface area contributed by atoms with Crippen LogP contribution in [0, 0.1) is 13.8 Å². The van der Waals surface area contributed by atoms with Crippen molar-refractivity contribution in [1.29, 1.82) is 0 Å². The highest BCUT2D eigenvalue weighted by Crippen LogP contribution is 2.32. The van der Waals surface area contributed by atoms with Crippen molar-refractivity contribution < 1.29 is 13.2 Å². The summed E-state index contributed by atoms with van der Waals surface area (Å²) in [5.74, 6) is -0.0401. The van der Waals surface area contributed by atoms with E-state index < -0.39 is 15.1 Å². The minimum absolute atomic E-state index is 0.0401. The number of fused-ring (bicyclic) bond motifs is 1. The van der Waals surface area contributed by atoms with E-state index in [0.717, 1.165) is 34.3 Å². The standard InChI is InChI=1S/C25H33N3O3S2/c1-17(2)33(30,31)21-11-9-20(10-12-21)16-23(29)28(15-7-14-27(5)6)25-26-24-19(4)18(3)8-13-22(24)32-25/h8-13,17H,7,14-16H2,1-6H3. The third kappa shape index (κ3) is 5.80. The van der Waals surface area contributed by atoms with Gasteiger partial charge in [-0.2, -0.15) is 0 Å². The molecule has 0 atom stereocenters. The van der Waals surface area contributed by atoms with Gasteiger partial charge in [0.05, 0.1) is 26.8 Å². The molecule has 0 aliphatic rings. The number of carbonyl (C=O) groups is 1. The van der Waals surface area contributed by atoms with Gasteiger partial charge >= 0.3 is 0 Å². The summed E-state index contributed by atoms with van der Waals surface area (Å²) in [7, 11) is 0.701. The van der Waals surface area contributed by atoms with E-state index in [0.29, 0.717) is 11.7 Å². The molecule has 0 aliphatic heterocycles. The van der Waals surface area contributed by atoms with Crippen LogP contribution in [0.15, 0.2) is 41.3 Å². The van der Waals surface area contributed by atoms with Crippen molar-refractivity contribution in [3.8, 4) is 0 Å². The lowest BCUT2D eigenvalue weighted by Gasteiger charge is -2.21. The van der Waals surface area contributed by atoms with E-state index in [1.807, 2.05) is 14.1 Å². The summed E-state index contributed by atoms with van der Waals surface area (Å²) in [5.41, 5.74) is 4.05. The Hall–Kier alpha value is -2.29. The highest BCUT2D eigenvalue weighted by molar-refractivity contribution is 7.92. The third-order valence-corrected chi connectivity index (χ3v) is 9.03. The molecular formula is C25H33N3O3S2. The van der Waals surface area contributed by atoms with Crippen molar-refractivity contribution in [1.82, 2.24) is 9.88 Å². The van der Waals surface area contributed by atoms with Crippen LogP contribution in [0.2, 0.25) is 0 Å². The molecule has 6 nitrogen and oxygen atoms in total. The second-order valence-corrected chi connectivity index (χ2v) is 12.5. The van der Waals surface area contributed by atoms with Crippen molar-refractivity contribution in [2.45, 2.75) is 50.7 Å². The molecule has 0 N–H and O–H groups in total. The number of benzene rings is 2. The molecule has 1 aromatic heterocycles. The Morgan fingerprint density at radius 2 is 1.70 bits per heavy atom. The van der Waals surface area contributed by atoms with E-state index >= 15 is 0 Å². The first-order valence-corrected chi connectivity index (χ1v) is 13.5. The Morgan fingerprint density at radius 1 is 1.03 bits per heavy atom. The van der Waals surface area contributed by atoms with Crippen LogP contribution in [0.25, 0.3) is 10.2 Å². The fraction of sp³-hybridized carbons (Fsp3) is 0.440. The van der Waals surface area contributed by atoms with Gasteiger partial charge in [-0.15, -0.1) is 0 Å². The molecular weight excluding hydrogens is 454 g/mol. The molecule has 1 amide bonds. The van der Waals surface area contributed by atoms with Crippen LogP contribution < -0.4 is 4.90 Å². The molecule has 0 radical (unpaired) electrons. The summed E-state index contributed by atoms with van der Waals surface area (Å²) in [4.78, 5) is 22.4. The maximum atomic E-state index is 13.4. The number of amides is 1. The SMILES string of the molecule is Cc1ccc2sc(N(CCCN(C)C)C(=O)Cc3ccc(S(=O)(=O)C(C)C)cc3)nc2c1C. The Kier molecular flexibility index (Phi) is 7.92. The number of thiazole rings is 1. The summed E-state index contributed by atoms with van der Waals surface area (Å²) in [6.45, 7) is 8.91.